The molecular formula is C13H18N2O. The van der Waals surface area contributed by atoms with Crippen molar-refractivity contribution in [2.45, 2.75) is 51.0 Å². The first-order chi connectivity index (χ1) is 7.83. The van der Waals surface area contributed by atoms with Gasteiger partial charge in [0.05, 0.1) is 12.2 Å². The van der Waals surface area contributed by atoms with Gasteiger partial charge in [0.15, 0.2) is 0 Å². The van der Waals surface area contributed by atoms with Crippen molar-refractivity contribution in [3.05, 3.63) is 29.6 Å². The molecule has 86 valence electrons. The maximum atomic E-state index is 5.83. The lowest BCUT2D eigenvalue weighted by Crippen LogP contribution is -2.37. The van der Waals surface area contributed by atoms with Crippen molar-refractivity contribution < 1.29 is 4.74 Å². The molecule has 2 fully saturated rings. The number of fused-ring (bicyclic) bond motifs is 2. The Morgan fingerprint density at radius 1 is 1.50 bits per heavy atom. The van der Waals surface area contributed by atoms with Crippen LogP contribution in [0, 0.1) is 6.92 Å². The van der Waals surface area contributed by atoms with E-state index in [0.29, 0.717) is 18.2 Å². The highest BCUT2D eigenvalue weighted by Gasteiger charge is 2.40. The molecule has 0 saturated carbocycles. The molecule has 1 aromatic rings. The van der Waals surface area contributed by atoms with Gasteiger partial charge in [-0.2, -0.15) is 0 Å². The maximum absolute atomic E-state index is 5.83. The highest BCUT2D eigenvalue weighted by molar-refractivity contribution is 5.21. The number of nitrogens with one attached hydrogen (secondary N) is 1. The summed E-state index contributed by atoms with van der Waals surface area (Å²) in [5.74, 6) is 0. The predicted octanol–water partition coefficient (Wildman–Crippen LogP) is 1.80. The first kappa shape index (κ1) is 10.2. The molecule has 0 radical (unpaired) electrons. The summed E-state index contributed by atoms with van der Waals surface area (Å²) >= 11 is 0. The second kappa shape index (κ2) is 4.15. The number of hydrogen-bond acceptors (Lipinski definition) is 3. The number of pyridine rings is 1. The first-order valence-corrected chi connectivity index (χ1v) is 6.11. The molecule has 3 nitrogen and oxygen atoms in total. The van der Waals surface area contributed by atoms with Crippen LogP contribution in [0.1, 0.15) is 30.4 Å². The molecule has 1 aromatic heterocycles. The van der Waals surface area contributed by atoms with Crippen molar-refractivity contribution in [3.63, 3.8) is 0 Å². The molecule has 1 N–H and O–H groups in total. The molecule has 0 amide bonds. The fourth-order valence-electron chi connectivity index (χ4n) is 2.78. The number of ether oxygens (including phenoxy) is 1. The molecule has 16 heavy (non-hydrogen) atoms. The Labute approximate surface area is 96.2 Å². The van der Waals surface area contributed by atoms with Gasteiger partial charge in [0.2, 0.25) is 0 Å². The molecule has 2 bridgehead atoms. The minimum atomic E-state index is 0.460. The monoisotopic (exact) mass is 218 g/mol. The van der Waals surface area contributed by atoms with Crippen LogP contribution in [-0.4, -0.2) is 23.2 Å². The van der Waals surface area contributed by atoms with Crippen LogP contribution in [0.3, 0.4) is 0 Å². The van der Waals surface area contributed by atoms with E-state index in [1.165, 1.54) is 30.4 Å². The van der Waals surface area contributed by atoms with Crippen LogP contribution in [0.25, 0.3) is 0 Å². The van der Waals surface area contributed by atoms with Crippen molar-refractivity contribution in [2.75, 3.05) is 0 Å². The minimum Gasteiger partial charge on any atom is -0.373 e. The summed E-state index contributed by atoms with van der Waals surface area (Å²) in [5.41, 5.74) is 2.61. The van der Waals surface area contributed by atoms with E-state index < -0.39 is 0 Å². The Hall–Kier alpha value is -0.930. The summed E-state index contributed by atoms with van der Waals surface area (Å²) in [6.45, 7) is 3.05. The fourth-order valence-corrected chi connectivity index (χ4v) is 2.78. The Morgan fingerprint density at radius 3 is 3.12 bits per heavy atom. The molecule has 2 aliphatic rings. The number of hydrogen-bond donors (Lipinski definition) is 1. The number of rotatable bonds is 3. The van der Waals surface area contributed by atoms with Crippen LogP contribution in [0.4, 0.5) is 0 Å². The Balaban J connectivity index is 1.59. The Morgan fingerprint density at radius 2 is 2.44 bits per heavy atom. The van der Waals surface area contributed by atoms with Gasteiger partial charge in [-0.05, 0) is 43.4 Å². The molecule has 0 aromatic carbocycles. The van der Waals surface area contributed by atoms with E-state index in [4.69, 9.17) is 4.74 Å². The lowest BCUT2D eigenvalue weighted by Gasteiger charge is -2.20. The number of aromatic nitrogens is 1. The van der Waals surface area contributed by atoms with Crippen molar-refractivity contribution in [1.82, 2.24) is 10.3 Å². The SMILES string of the molecule is Cc1ccncc1CNC1CC2CCC1O2. The predicted molar refractivity (Wildman–Crippen MR) is 62.1 cm³/mol. The van der Waals surface area contributed by atoms with Gasteiger partial charge >= 0.3 is 0 Å². The van der Waals surface area contributed by atoms with E-state index in [1.54, 1.807) is 0 Å². The fraction of sp³-hybridized carbons (Fsp3) is 0.615. The minimum absolute atomic E-state index is 0.460. The molecule has 0 aliphatic carbocycles. The summed E-state index contributed by atoms with van der Waals surface area (Å²) in [5, 5.41) is 3.61. The van der Waals surface area contributed by atoms with Gasteiger partial charge in [-0.1, -0.05) is 0 Å². The van der Waals surface area contributed by atoms with Crippen molar-refractivity contribution in [1.29, 1.82) is 0 Å². The molecule has 2 aliphatic heterocycles. The van der Waals surface area contributed by atoms with E-state index in [9.17, 15) is 0 Å². The van der Waals surface area contributed by atoms with Crippen LogP contribution < -0.4 is 5.32 Å². The van der Waals surface area contributed by atoms with Gasteiger partial charge in [0.25, 0.3) is 0 Å². The van der Waals surface area contributed by atoms with E-state index in [2.05, 4.69) is 23.3 Å². The largest absolute Gasteiger partial charge is 0.373 e. The van der Waals surface area contributed by atoms with Gasteiger partial charge < -0.3 is 10.1 Å². The zero-order valence-electron chi connectivity index (χ0n) is 9.65. The van der Waals surface area contributed by atoms with Crippen LogP contribution in [0.2, 0.25) is 0 Å². The van der Waals surface area contributed by atoms with Gasteiger partial charge in [0, 0.05) is 25.0 Å². The summed E-state index contributed by atoms with van der Waals surface area (Å²) in [6, 6.07) is 2.62. The molecule has 0 spiro atoms. The zero-order valence-corrected chi connectivity index (χ0v) is 9.65. The van der Waals surface area contributed by atoms with Crippen molar-refractivity contribution in [3.8, 4) is 0 Å². The van der Waals surface area contributed by atoms with Crippen molar-refractivity contribution in [2.24, 2.45) is 0 Å². The number of nitrogens with zero attached hydrogens (tertiary/aromatic N) is 1. The summed E-state index contributed by atoms with van der Waals surface area (Å²) in [6.07, 6.45) is 8.46. The summed E-state index contributed by atoms with van der Waals surface area (Å²) in [7, 11) is 0. The third kappa shape index (κ3) is 1.85. The van der Waals surface area contributed by atoms with E-state index in [0.717, 1.165) is 6.54 Å². The van der Waals surface area contributed by atoms with E-state index in [1.807, 2.05) is 12.4 Å². The molecule has 3 heterocycles. The lowest BCUT2D eigenvalue weighted by molar-refractivity contribution is 0.0973. The summed E-state index contributed by atoms with van der Waals surface area (Å²) < 4.78 is 5.83. The average molecular weight is 218 g/mol. The average Bonchev–Trinajstić information content (AvgIpc) is 2.90. The lowest BCUT2D eigenvalue weighted by atomic mass is 9.95. The van der Waals surface area contributed by atoms with Gasteiger partial charge in [-0.25, -0.2) is 0 Å². The highest BCUT2D eigenvalue weighted by atomic mass is 16.5. The maximum Gasteiger partial charge on any atom is 0.0733 e. The van der Waals surface area contributed by atoms with Crippen LogP contribution in [0.15, 0.2) is 18.5 Å². The normalized spacial score (nSPS) is 32.2. The second-order valence-electron chi connectivity index (χ2n) is 4.90. The molecule has 2 saturated heterocycles. The van der Waals surface area contributed by atoms with Crippen LogP contribution >= 0.6 is 0 Å². The smallest absolute Gasteiger partial charge is 0.0733 e. The van der Waals surface area contributed by atoms with Crippen LogP contribution in [-0.2, 0) is 11.3 Å². The Kier molecular flexibility index (Phi) is 2.65. The topological polar surface area (TPSA) is 34.2 Å². The number of aryl methyl sites for hydroxylation is 1. The van der Waals surface area contributed by atoms with E-state index in [-0.39, 0.29) is 0 Å². The van der Waals surface area contributed by atoms with Crippen molar-refractivity contribution >= 4 is 0 Å². The Bertz CT molecular complexity index is 380. The first-order valence-electron chi connectivity index (χ1n) is 6.11. The summed E-state index contributed by atoms with van der Waals surface area (Å²) in [4.78, 5) is 4.17. The molecule has 3 heteroatoms. The van der Waals surface area contributed by atoms with Gasteiger partial charge in [-0.3, -0.25) is 4.98 Å². The van der Waals surface area contributed by atoms with E-state index >= 15 is 0 Å². The molecular weight excluding hydrogens is 200 g/mol. The second-order valence-corrected chi connectivity index (χ2v) is 4.90. The molecule has 3 rings (SSSR count). The third-order valence-corrected chi connectivity index (χ3v) is 3.81. The molecule has 3 unspecified atom stereocenters. The third-order valence-electron chi connectivity index (χ3n) is 3.81. The standard InChI is InChI=1S/C13H18N2O/c1-9-4-5-14-7-10(9)8-15-12-6-11-2-3-13(12)16-11/h4-5,7,11-13,15H,2-3,6,8H2,1H3. The van der Waals surface area contributed by atoms with Crippen LogP contribution in [0.5, 0.6) is 0 Å². The zero-order chi connectivity index (χ0) is 11.0. The highest BCUT2D eigenvalue weighted by Crippen LogP contribution is 2.34. The van der Waals surface area contributed by atoms with Gasteiger partial charge in [0.1, 0.15) is 0 Å². The molecule has 3 atom stereocenters. The quantitative estimate of drug-likeness (QED) is 0.840. The van der Waals surface area contributed by atoms with Gasteiger partial charge in [-0.15, -0.1) is 0 Å².